The van der Waals surface area contributed by atoms with Gasteiger partial charge >= 0.3 is 19.8 Å². The quantitative estimate of drug-likeness (QED) is 0.0241. The van der Waals surface area contributed by atoms with Gasteiger partial charge < -0.3 is 53.8 Å². The molecule has 0 spiro atoms. The van der Waals surface area contributed by atoms with Crippen molar-refractivity contribution in [1.29, 1.82) is 0 Å². The number of carboxylic acid groups (broad SMARTS) is 1. The van der Waals surface area contributed by atoms with E-state index in [1.807, 2.05) is 0 Å². The minimum atomic E-state index is -5.26. The SMILES string of the molecule is NCCCC[C@H](NC(=O)[C@@H](Cc1ccccc1)NC(=O)[C@H](CC(=O)O)NC(=O)CNC(=O)[C@@H](N)CCCN=C(N)N)C(=O)OP(=O)(O)O. The van der Waals surface area contributed by atoms with Gasteiger partial charge in [0.05, 0.1) is 19.0 Å². The Morgan fingerprint density at radius 1 is 0.854 bits per heavy atom. The molecule has 0 saturated heterocycles. The van der Waals surface area contributed by atoms with Crippen molar-refractivity contribution in [2.75, 3.05) is 19.6 Å². The fourth-order valence-corrected chi connectivity index (χ4v) is 4.47. The van der Waals surface area contributed by atoms with Crippen LogP contribution >= 0.6 is 7.82 Å². The number of amides is 4. The van der Waals surface area contributed by atoms with Crippen LogP contribution in [0.4, 0.5) is 0 Å². The highest BCUT2D eigenvalue weighted by molar-refractivity contribution is 7.46. The molecular formula is C27H44N9O11P. The maximum Gasteiger partial charge on any atom is 0.527 e. The van der Waals surface area contributed by atoms with Crippen LogP contribution in [0.3, 0.4) is 0 Å². The Labute approximate surface area is 276 Å². The van der Waals surface area contributed by atoms with Crippen molar-refractivity contribution in [2.45, 2.75) is 69.1 Å². The van der Waals surface area contributed by atoms with Crippen LogP contribution in [-0.4, -0.2) is 100 Å². The zero-order chi connectivity index (χ0) is 36.3. The van der Waals surface area contributed by atoms with Crippen LogP contribution in [0.2, 0.25) is 0 Å². The predicted molar refractivity (Wildman–Crippen MR) is 170 cm³/mol. The van der Waals surface area contributed by atoms with Gasteiger partial charge in [0.1, 0.15) is 18.1 Å². The smallest absolute Gasteiger partial charge is 0.481 e. The van der Waals surface area contributed by atoms with Gasteiger partial charge in [0.2, 0.25) is 23.6 Å². The van der Waals surface area contributed by atoms with Gasteiger partial charge in [-0.2, -0.15) is 0 Å². The maximum atomic E-state index is 13.4. The molecule has 268 valence electrons. The van der Waals surface area contributed by atoms with E-state index in [1.165, 1.54) is 0 Å². The molecule has 0 radical (unpaired) electrons. The number of carbonyl (C=O) groups excluding carboxylic acids is 5. The highest BCUT2D eigenvalue weighted by Crippen LogP contribution is 2.36. The second-order valence-corrected chi connectivity index (χ2v) is 11.7. The topological polar surface area (TPSA) is 354 Å². The lowest BCUT2D eigenvalue weighted by molar-refractivity contribution is -0.142. The third-order valence-corrected chi connectivity index (χ3v) is 6.85. The Hall–Kier alpha value is -4.62. The molecule has 0 aliphatic carbocycles. The zero-order valence-corrected chi connectivity index (χ0v) is 27.0. The Morgan fingerprint density at radius 2 is 1.48 bits per heavy atom. The summed E-state index contributed by atoms with van der Waals surface area (Å²) in [4.78, 5) is 97.4. The first-order valence-electron chi connectivity index (χ1n) is 14.8. The normalized spacial score (nSPS) is 13.5. The van der Waals surface area contributed by atoms with E-state index in [9.17, 15) is 38.4 Å². The van der Waals surface area contributed by atoms with Crippen molar-refractivity contribution in [3.8, 4) is 0 Å². The monoisotopic (exact) mass is 701 g/mol. The molecule has 4 atom stereocenters. The number of carbonyl (C=O) groups is 6. The number of rotatable bonds is 22. The summed E-state index contributed by atoms with van der Waals surface area (Å²) in [5, 5.41) is 18.5. The lowest BCUT2D eigenvalue weighted by Gasteiger charge is -2.25. The van der Waals surface area contributed by atoms with Crippen molar-refractivity contribution >= 4 is 49.3 Å². The number of aliphatic carboxylic acids is 1. The minimum Gasteiger partial charge on any atom is -0.481 e. The first kappa shape index (κ1) is 41.4. The largest absolute Gasteiger partial charge is 0.527 e. The molecule has 48 heavy (non-hydrogen) atoms. The molecule has 0 unspecified atom stereocenters. The van der Waals surface area contributed by atoms with Crippen molar-refractivity contribution in [2.24, 2.45) is 27.9 Å². The van der Waals surface area contributed by atoms with Crippen LogP contribution < -0.4 is 44.2 Å². The summed E-state index contributed by atoms with van der Waals surface area (Å²) in [6, 6.07) is 2.50. The number of hydrogen-bond donors (Lipinski definition) is 11. The van der Waals surface area contributed by atoms with Crippen LogP contribution in [0.5, 0.6) is 0 Å². The molecule has 0 fully saturated rings. The average molecular weight is 702 g/mol. The number of aliphatic imine (C=N–C) groups is 1. The first-order valence-corrected chi connectivity index (χ1v) is 16.3. The number of guanidine groups is 1. The summed E-state index contributed by atoms with van der Waals surface area (Å²) in [6.07, 6.45) is 0.0254. The van der Waals surface area contributed by atoms with Crippen LogP contribution in [-0.2, 0) is 44.3 Å². The molecule has 0 aliphatic heterocycles. The third kappa shape index (κ3) is 17.9. The summed E-state index contributed by atoms with van der Waals surface area (Å²) in [6.45, 7) is -0.204. The van der Waals surface area contributed by atoms with Gasteiger partial charge in [0, 0.05) is 13.0 Å². The van der Waals surface area contributed by atoms with E-state index < -0.39 is 80.5 Å². The van der Waals surface area contributed by atoms with Crippen molar-refractivity contribution < 1.29 is 52.7 Å². The van der Waals surface area contributed by atoms with E-state index in [-0.39, 0.29) is 44.7 Å². The lowest BCUT2D eigenvalue weighted by Crippen LogP contribution is -2.57. The molecule has 0 aliphatic rings. The predicted octanol–water partition coefficient (Wildman–Crippen LogP) is -3.58. The standard InChI is InChI=1S/C27H44N9O11P/c28-11-5-4-10-18(26(43)47-48(44,45)46)35-24(41)19(13-16-7-2-1-3-8-16)36-25(42)20(14-22(38)39)34-21(37)15-33-23(40)17(29)9-6-12-32-27(30)31/h1-3,7-8,17-20H,4-6,9-15,28-29H2,(H,33,40)(H,34,37)(H,35,41)(H,36,42)(H,38,39)(H4,30,31,32)(H2,44,45,46)/t17-,18-,19+,20-/m0/s1. The Balaban J connectivity index is 3.07. The zero-order valence-electron chi connectivity index (χ0n) is 26.1. The number of nitrogens with two attached hydrogens (primary N) is 4. The van der Waals surface area contributed by atoms with E-state index in [0.29, 0.717) is 18.4 Å². The number of nitrogens with zero attached hydrogens (tertiary/aromatic N) is 1. The molecule has 1 aromatic rings. The fourth-order valence-electron chi connectivity index (χ4n) is 4.10. The highest BCUT2D eigenvalue weighted by atomic mass is 31.2. The third-order valence-electron chi connectivity index (χ3n) is 6.43. The molecule has 21 heteroatoms. The molecule has 1 rings (SSSR count). The number of phosphoric acid groups is 1. The Kier molecular flexibility index (Phi) is 18.4. The number of carboxylic acids is 1. The van der Waals surface area contributed by atoms with Crippen molar-refractivity contribution in [3.05, 3.63) is 35.9 Å². The van der Waals surface area contributed by atoms with Crippen LogP contribution in [0, 0.1) is 0 Å². The number of nitrogens with one attached hydrogen (secondary N) is 4. The summed E-state index contributed by atoms with van der Waals surface area (Å²) in [5.41, 5.74) is 22.3. The summed E-state index contributed by atoms with van der Waals surface area (Å²) < 4.78 is 15.4. The average Bonchev–Trinajstić information content (AvgIpc) is 3.00. The maximum absolute atomic E-state index is 13.4. The highest BCUT2D eigenvalue weighted by Gasteiger charge is 2.33. The molecule has 0 aromatic heterocycles. The summed E-state index contributed by atoms with van der Waals surface area (Å²) in [7, 11) is -5.26. The molecule has 0 saturated carbocycles. The van der Waals surface area contributed by atoms with Gasteiger partial charge in [-0.15, -0.1) is 0 Å². The summed E-state index contributed by atoms with van der Waals surface area (Å²) in [5.74, 6) is -6.75. The summed E-state index contributed by atoms with van der Waals surface area (Å²) >= 11 is 0. The molecule has 4 amide bonds. The van der Waals surface area contributed by atoms with E-state index in [1.54, 1.807) is 30.3 Å². The fraction of sp³-hybridized carbons (Fsp3) is 0.519. The van der Waals surface area contributed by atoms with Crippen LogP contribution in [0.1, 0.15) is 44.1 Å². The first-order chi connectivity index (χ1) is 22.5. The van der Waals surface area contributed by atoms with Gasteiger partial charge in [0.15, 0.2) is 5.96 Å². The van der Waals surface area contributed by atoms with E-state index in [0.717, 1.165) is 0 Å². The van der Waals surface area contributed by atoms with Crippen LogP contribution in [0.15, 0.2) is 35.3 Å². The number of unbranched alkanes of at least 4 members (excludes halogenated alkanes) is 1. The molecule has 0 heterocycles. The van der Waals surface area contributed by atoms with E-state index >= 15 is 0 Å². The molecule has 0 bridgehead atoms. The van der Waals surface area contributed by atoms with Gasteiger partial charge in [-0.1, -0.05) is 30.3 Å². The Bertz CT molecular complexity index is 1320. The second kappa shape index (κ2) is 21.3. The molecule has 1 aromatic carbocycles. The van der Waals surface area contributed by atoms with Crippen molar-refractivity contribution in [3.63, 3.8) is 0 Å². The van der Waals surface area contributed by atoms with Gasteiger partial charge in [-0.3, -0.25) is 38.8 Å². The van der Waals surface area contributed by atoms with Gasteiger partial charge in [-0.25, -0.2) is 9.36 Å². The molecular weight excluding hydrogens is 657 g/mol. The van der Waals surface area contributed by atoms with E-state index in [2.05, 4.69) is 30.8 Å². The van der Waals surface area contributed by atoms with Crippen molar-refractivity contribution in [1.82, 2.24) is 21.3 Å². The Morgan fingerprint density at radius 3 is 2.06 bits per heavy atom. The van der Waals surface area contributed by atoms with Crippen LogP contribution in [0.25, 0.3) is 0 Å². The number of phosphoric ester groups is 1. The van der Waals surface area contributed by atoms with Gasteiger partial charge in [0.25, 0.3) is 0 Å². The second-order valence-electron chi connectivity index (χ2n) is 10.5. The lowest BCUT2D eigenvalue weighted by atomic mass is 10.0. The number of hydrogen-bond acceptors (Lipinski definition) is 11. The molecule has 15 N–H and O–H groups in total. The minimum absolute atomic E-state index is 0.114. The van der Waals surface area contributed by atoms with Gasteiger partial charge in [-0.05, 0) is 44.2 Å². The molecule has 20 nitrogen and oxygen atoms in total. The number of benzene rings is 1. The van der Waals surface area contributed by atoms with E-state index in [4.69, 9.17) is 32.7 Å².